The molecule has 94 valence electrons. The van der Waals surface area contributed by atoms with E-state index in [0.717, 1.165) is 0 Å². The van der Waals surface area contributed by atoms with Gasteiger partial charge in [-0.3, -0.25) is 9.78 Å². The van der Waals surface area contributed by atoms with Crippen molar-refractivity contribution in [2.45, 2.75) is 19.8 Å². The Hall–Kier alpha value is -1.67. The van der Waals surface area contributed by atoms with E-state index in [2.05, 4.69) is 16.0 Å². The lowest BCUT2D eigenvalue weighted by Crippen LogP contribution is -2.42. The first-order valence-corrected chi connectivity index (χ1v) is 6.10. The molecule has 1 aromatic rings. The van der Waals surface area contributed by atoms with Crippen LogP contribution in [0.15, 0.2) is 12.4 Å². The minimum Gasteiger partial charge on any atom is -0.337 e. The third kappa shape index (κ3) is 2.59. The Morgan fingerprint density at radius 2 is 2.17 bits per heavy atom. The minimum absolute atomic E-state index is 0.176. The first-order chi connectivity index (χ1) is 8.54. The van der Waals surface area contributed by atoms with Crippen molar-refractivity contribution in [1.82, 2.24) is 14.9 Å². The van der Waals surface area contributed by atoms with E-state index < -0.39 is 0 Å². The lowest BCUT2D eigenvalue weighted by atomic mass is 9.82. The van der Waals surface area contributed by atoms with Crippen LogP contribution in [-0.4, -0.2) is 33.9 Å². The van der Waals surface area contributed by atoms with E-state index >= 15 is 0 Å². The zero-order chi connectivity index (χ0) is 13.2. The molecule has 2 rings (SSSR count). The maximum absolute atomic E-state index is 12.1. The smallest absolute Gasteiger partial charge is 0.274 e. The molecule has 0 bridgehead atoms. The second-order valence-corrected chi connectivity index (χ2v) is 5.08. The molecule has 1 aliphatic heterocycles. The largest absolute Gasteiger partial charge is 0.337 e. The van der Waals surface area contributed by atoms with Gasteiger partial charge in [-0.1, -0.05) is 11.6 Å². The van der Waals surface area contributed by atoms with Crippen molar-refractivity contribution in [3.05, 3.63) is 23.2 Å². The van der Waals surface area contributed by atoms with Crippen molar-refractivity contribution < 1.29 is 4.79 Å². The monoisotopic (exact) mass is 264 g/mol. The Labute approximate surface area is 110 Å². The van der Waals surface area contributed by atoms with Crippen molar-refractivity contribution in [1.29, 1.82) is 5.26 Å². The summed E-state index contributed by atoms with van der Waals surface area (Å²) in [6, 6.07) is 2.30. The average molecular weight is 265 g/mol. The predicted octanol–water partition coefficient (Wildman–Crippen LogP) is 1.90. The van der Waals surface area contributed by atoms with Gasteiger partial charge in [0.15, 0.2) is 0 Å². The van der Waals surface area contributed by atoms with Crippen LogP contribution < -0.4 is 0 Å². The highest BCUT2D eigenvalue weighted by Gasteiger charge is 2.32. The molecule has 0 saturated carbocycles. The molecule has 18 heavy (non-hydrogen) atoms. The minimum atomic E-state index is -0.323. The number of aromatic nitrogens is 2. The van der Waals surface area contributed by atoms with E-state index in [0.29, 0.717) is 25.9 Å². The summed E-state index contributed by atoms with van der Waals surface area (Å²) in [5, 5.41) is 9.24. The Balaban J connectivity index is 2.07. The van der Waals surface area contributed by atoms with Crippen molar-refractivity contribution >= 4 is 17.5 Å². The third-order valence-electron chi connectivity index (χ3n) is 3.25. The Bertz CT molecular complexity index is 503. The molecular weight excluding hydrogens is 252 g/mol. The summed E-state index contributed by atoms with van der Waals surface area (Å²) < 4.78 is 0. The van der Waals surface area contributed by atoms with Crippen molar-refractivity contribution in [2.75, 3.05) is 13.1 Å². The first-order valence-electron chi connectivity index (χ1n) is 5.72. The van der Waals surface area contributed by atoms with E-state index in [1.54, 1.807) is 4.90 Å². The van der Waals surface area contributed by atoms with Gasteiger partial charge in [-0.05, 0) is 19.8 Å². The average Bonchev–Trinajstić information content (AvgIpc) is 2.39. The number of carbonyl (C=O) groups excluding carboxylic acids is 1. The number of nitrogens with zero attached hydrogens (tertiary/aromatic N) is 4. The molecule has 1 aromatic heterocycles. The third-order valence-corrected chi connectivity index (χ3v) is 3.43. The zero-order valence-electron chi connectivity index (χ0n) is 10.1. The topological polar surface area (TPSA) is 69.9 Å². The number of rotatable bonds is 1. The SMILES string of the molecule is CC1(C#N)CCN(C(=O)c2cncc(Cl)n2)CC1. The number of hydrogen-bond acceptors (Lipinski definition) is 4. The summed E-state index contributed by atoms with van der Waals surface area (Å²) in [5.41, 5.74) is -0.0698. The van der Waals surface area contributed by atoms with Crippen LogP contribution in [0.5, 0.6) is 0 Å². The van der Waals surface area contributed by atoms with Gasteiger partial charge in [-0.25, -0.2) is 4.98 Å². The molecule has 0 unspecified atom stereocenters. The van der Waals surface area contributed by atoms with Crippen molar-refractivity contribution in [3.8, 4) is 6.07 Å². The second kappa shape index (κ2) is 4.91. The van der Waals surface area contributed by atoms with E-state index in [1.807, 2.05) is 6.92 Å². The number of halogens is 1. The molecule has 1 aliphatic rings. The molecule has 1 saturated heterocycles. The lowest BCUT2D eigenvalue weighted by molar-refractivity contribution is 0.0655. The molecule has 0 atom stereocenters. The molecule has 0 N–H and O–H groups in total. The summed E-state index contributed by atoms with van der Waals surface area (Å²) >= 11 is 5.71. The van der Waals surface area contributed by atoms with Crippen LogP contribution in [0, 0.1) is 16.7 Å². The molecule has 0 aliphatic carbocycles. The van der Waals surface area contributed by atoms with E-state index in [4.69, 9.17) is 16.9 Å². The summed E-state index contributed by atoms with van der Waals surface area (Å²) in [6.07, 6.45) is 4.17. The summed E-state index contributed by atoms with van der Waals surface area (Å²) in [4.78, 5) is 21.6. The van der Waals surface area contributed by atoms with Crippen LogP contribution in [0.25, 0.3) is 0 Å². The van der Waals surface area contributed by atoms with Crippen LogP contribution in [0.2, 0.25) is 5.15 Å². The molecule has 5 nitrogen and oxygen atoms in total. The molecule has 0 aromatic carbocycles. The van der Waals surface area contributed by atoms with Gasteiger partial charge < -0.3 is 4.90 Å². The highest BCUT2D eigenvalue weighted by atomic mass is 35.5. The van der Waals surface area contributed by atoms with Gasteiger partial charge in [-0.15, -0.1) is 0 Å². The van der Waals surface area contributed by atoms with Gasteiger partial charge in [0, 0.05) is 13.1 Å². The number of nitriles is 1. The fourth-order valence-corrected chi connectivity index (χ4v) is 2.07. The normalized spacial score (nSPS) is 18.2. The van der Waals surface area contributed by atoms with Gasteiger partial charge in [0.1, 0.15) is 10.8 Å². The zero-order valence-corrected chi connectivity index (χ0v) is 10.8. The van der Waals surface area contributed by atoms with E-state index in [-0.39, 0.29) is 22.2 Å². The highest BCUT2D eigenvalue weighted by Crippen LogP contribution is 2.30. The maximum atomic E-state index is 12.1. The van der Waals surface area contributed by atoms with Gasteiger partial charge in [0.25, 0.3) is 5.91 Å². The second-order valence-electron chi connectivity index (χ2n) is 4.69. The molecular formula is C12H13ClN4O. The van der Waals surface area contributed by atoms with Gasteiger partial charge in [0.05, 0.1) is 23.9 Å². The van der Waals surface area contributed by atoms with Crippen LogP contribution in [-0.2, 0) is 0 Å². The predicted molar refractivity (Wildman–Crippen MR) is 65.9 cm³/mol. The highest BCUT2D eigenvalue weighted by molar-refractivity contribution is 6.29. The van der Waals surface area contributed by atoms with E-state index in [1.165, 1.54) is 12.4 Å². The summed E-state index contributed by atoms with van der Waals surface area (Å²) in [6.45, 7) is 3.06. The van der Waals surface area contributed by atoms with Crippen molar-refractivity contribution in [2.24, 2.45) is 5.41 Å². The standard InChI is InChI=1S/C12H13ClN4O/c1-12(8-14)2-4-17(5-3-12)11(18)9-6-15-7-10(13)16-9/h6-7H,2-5H2,1H3. The molecule has 1 amide bonds. The Kier molecular flexibility index (Phi) is 3.48. The van der Waals surface area contributed by atoms with Crippen LogP contribution >= 0.6 is 11.6 Å². The Morgan fingerprint density at radius 1 is 1.50 bits per heavy atom. The van der Waals surface area contributed by atoms with Gasteiger partial charge in [-0.2, -0.15) is 5.26 Å². The molecule has 1 fully saturated rings. The number of piperidine rings is 1. The van der Waals surface area contributed by atoms with Crippen LogP contribution in [0.3, 0.4) is 0 Å². The van der Waals surface area contributed by atoms with Gasteiger partial charge in [0.2, 0.25) is 0 Å². The number of amides is 1. The molecule has 2 heterocycles. The van der Waals surface area contributed by atoms with Crippen LogP contribution in [0.4, 0.5) is 0 Å². The van der Waals surface area contributed by atoms with Crippen molar-refractivity contribution in [3.63, 3.8) is 0 Å². The summed E-state index contributed by atoms with van der Waals surface area (Å²) in [7, 11) is 0. The first kappa shape index (κ1) is 12.8. The van der Waals surface area contributed by atoms with Gasteiger partial charge >= 0.3 is 0 Å². The fourth-order valence-electron chi connectivity index (χ4n) is 1.92. The number of carbonyl (C=O) groups is 1. The number of hydrogen-bond donors (Lipinski definition) is 0. The molecule has 6 heteroatoms. The molecule has 0 spiro atoms. The van der Waals surface area contributed by atoms with E-state index in [9.17, 15) is 4.79 Å². The number of likely N-dealkylation sites (tertiary alicyclic amines) is 1. The summed E-state index contributed by atoms with van der Waals surface area (Å²) in [5.74, 6) is -0.176. The molecule has 0 radical (unpaired) electrons. The quantitative estimate of drug-likeness (QED) is 0.777. The lowest BCUT2D eigenvalue weighted by Gasteiger charge is -2.34. The maximum Gasteiger partial charge on any atom is 0.274 e. The fraction of sp³-hybridized carbons (Fsp3) is 0.500. The van der Waals surface area contributed by atoms with Crippen LogP contribution in [0.1, 0.15) is 30.3 Å². The Morgan fingerprint density at radius 3 is 2.72 bits per heavy atom.